The van der Waals surface area contributed by atoms with Gasteiger partial charge in [-0.2, -0.15) is 0 Å². The molecular weight excluding hydrogens is 1210 g/mol. The molecule has 0 bridgehead atoms. The van der Waals surface area contributed by atoms with Crippen LogP contribution >= 0.6 is 15.6 Å². The van der Waals surface area contributed by atoms with Crippen LogP contribution in [-0.2, 0) is 65.4 Å². The number of unbranched alkanes of at least 4 members (excludes halogenated alkanes) is 42. The third-order valence-electron chi connectivity index (χ3n) is 17.0. The lowest BCUT2D eigenvalue weighted by atomic mass is 10.0. The molecule has 0 saturated carbocycles. The smallest absolute Gasteiger partial charge is 0.462 e. The number of aliphatic hydroxyl groups is 1. The number of carbonyl (C=O) groups is 4. The first-order chi connectivity index (χ1) is 44.4. The first-order valence-corrected chi connectivity index (χ1v) is 41.0. The van der Waals surface area contributed by atoms with E-state index >= 15 is 0 Å². The molecule has 546 valence electrons. The number of hydrogen-bond acceptors (Lipinski definition) is 15. The van der Waals surface area contributed by atoms with Crippen molar-refractivity contribution in [2.24, 2.45) is 11.8 Å². The van der Waals surface area contributed by atoms with E-state index in [2.05, 4.69) is 41.5 Å². The van der Waals surface area contributed by atoms with Crippen molar-refractivity contribution in [3.63, 3.8) is 0 Å². The van der Waals surface area contributed by atoms with E-state index in [1.807, 2.05) is 0 Å². The molecule has 0 heterocycles. The molecule has 5 atom stereocenters. The summed E-state index contributed by atoms with van der Waals surface area (Å²) in [7, 11) is -9.90. The van der Waals surface area contributed by atoms with E-state index in [1.165, 1.54) is 186 Å². The number of carbonyl (C=O) groups excluding carboxylic acids is 4. The van der Waals surface area contributed by atoms with Crippen LogP contribution in [0.15, 0.2) is 0 Å². The molecule has 92 heavy (non-hydrogen) atoms. The second kappa shape index (κ2) is 65.0. The molecule has 2 unspecified atom stereocenters. The highest BCUT2D eigenvalue weighted by molar-refractivity contribution is 7.47. The van der Waals surface area contributed by atoms with Gasteiger partial charge in [0.25, 0.3) is 0 Å². The Labute approximate surface area is 562 Å². The Hall–Kier alpha value is -1.94. The third kappa shape index (κ3) is 66.7. The van der Waals surface area contributed by atoms with Crippen LogP contribution in [0.1, 0.15) is 375 Å². The Morgan fingerprint density at radius 3 is 0.739 bits per heavy atom. The van der Waals surface area contributed by atoms with Gasteiger partial charge in [-0.1, -0.05) is 324 Å². The Morgan fingerprint density at radius 2 is 0.500 bits per heavy atom. The van der Waals surface area contributed by atoms with Crippen molar-refractivity contribution in [2.45, 2.75) is 394 Å². The SMILES string of the molecule is CCCCCCCCCCCCCCCCCCCCC(=O)O[C@H](COC(=O)CCCCCCCCCCCC(C)C)COP(=O)(O)OC[C@@H](O)COP(=O)(O)OC[C@@H](COC(=O)CCCCCCCCCC(C)C)OC(=O)CCCCCCCCCCCCCC. The van der Waals surface area contributed by atoms with Crippen LogP contribution in [0.3, 0.4) is 0 Å². The first-order valence-electron chi connectivity index (χ1n) is 38.0. The van der Waals surface area contributed by atoms with Gasteiger partial charge < -0.3 is 33.8 Å². The molecule has 0 spiro atoms. The molecule has 0 amide bonds. The summed E-state index contributed by atoms with van der Waals surface area (Å²) in [4.78, 5) is 72.6. The summed E-state index contributed by atoms with van der Waals surface area (Å²) in [6, 6.07) is 0. The average Bonchev–Trinajstić information content (AvgIpc) is 1.98. The van der Waals surface area contributed by atoms with E-state index in [9.17, 15) is 43.2 Å². The summed E-state index contributed by atoms with van der Waals surface area (Å²) in [6.45, 7) is 9.50. The van der Waals surface area contributed by atoms with Crippen molar-refractivity contribution < 1.29 is 80.2 Å². The lowest BCUT2D eigenvalue weighted by Crippen LogP contribution is -2.30. The molecule has 0 aliphatic carbocycles. The summed E-state index contributed by atoms with van der Waals surface area (Å²) in [5.74, 6) is -0.671. The number of phosphoric ester groups is 2. The van der Waals surface area contributed by atoms with E-state index < -0.39 is 97.5 Å². The number of rotatable bonds is 72. The van der Waals surface area contributed by atoms with E-state index in [0.29, 0.717) is 31.6 Å². The van der Waals surface area contributed by atoms with Crippen molar-refractivity contribution in [2.75, 3.05) is 39.6 Å². The van der Waals surface area contributed by atoms with Gasteiger partial charge in [0, 0.05) is 25.7 Å². The molecule has 19 heteroatoms. The fraction of sp³-hybridized carbons (Fsp3) is 0.945. The maximum absolute atomic E-state index is 13.1. The maximum Gasteiger partial charge on any atom is 0.472 e. The lowest BCUT2D eigenvalue weighted by molar-refractivity contribution is -0.161. The highest BCUT2D eigenvalue weighted by Crippen LogP contribution is 2.45. The molecule has 0 fully saturated rings. The minimum absolute atomic E-state index is 0.106. The van der Waals surface area contributed by atoms with Gasteiger partial charge in [0.1, 0.15) is 19.3 Å². The number of esters is 4. The van der Waals surface area contributed by atoms with Crippen LogP contribution < -0.4 is 0 Å². The number of ether oxygens (including phenoxy) is 4. The molecule has 0 saturated heterocycles. The Morgan fingerprint density at radius 1 is 0.293 bits per heavy atom. The monoisotopic (exact) mass is 1350 g/mol. The van der Waals surface area contributed by atoms with Gasteiger partial charge in [-0.15, -0.1) is 0 Å². The highest BCUT2D eigenvalue weighted by atomic mass is 31.2. The highest BCUT2D eigenvalue weighted by Gasteiger charge is 2.30. The Balaban J connectivity index is 5.23. The molecule has 0 rings (SSSR count). The van der Waals surface area contributed by atoms with Gasteiger partial charge in [0.15, 0.2) is 12.2 Å². The molecule has 0 aliphatic heterocycles. The molecule has 17 nitrogen and oxygen atoms in total. The topological polar surface area (TPSA) is 237 Å². The van der Waals surface area contributed by atoms with Gasteiger partial charge in [-0.25, -0.2) is 9.13 Å². The molecular formula is C73H142O17P2. The van der Waals surface area contributed by atoms with E-state index in [0.717, 1.165) is 102 Å². The van der Waals surface area contributed by atoms with Crippen LogP contribution in [0.25, 0.3) is 0 Å². The van der Waals surface area contributed by atoms with Gasteiger partial charge in [0.2, 0.25) is 0 Å². The predicted molar refractivity (Wildman–Crippen MR) is 372 cm³/mol. The van der Waals surface area contributed by atoms with Crippen molar-refractivity contribution >= 4 is 39.5 Å². The Kier molecular flexibility index (Phi) is 63.7. The molecule has 0 aliphatic rings. The third-order valence-corrected chi connectivity index (χ3v) is 18.9. The van der Waals surface area contributed by atoms with Crippen molar-refractivity contribution in [3.05, 3.63) is 0 Å². The zero-order valence-corrected chi connectivity index (χ0v) is 61.6. The van der Waals surface area contributed by atoms with Crippen molar-refractivity contribution in [1.29, 1.82) is 0 Å². The van der Waals surface area contributed by atoms with Crippen LogP contribution in [0.5, 0.6) is 0 Å². The summed E-state index contributed by atoms with van der Waals surface area (Å²) in [5.41, 5.74) is 0. The summed E-state index contributed by atoms with van der Waals surface area (Å²) in [6.07, 6.45) is 51.4. The normalized spacial score (nSPS) is 14.1. The number of phosphoric acid groups is 2. The zero-order valence-electron chi connectivity index (χ0n) is 59.9. The fourth-order valence-corrected chi connectivity index (χ4v) is 12.7. The van der Waals surface area contributed by atoms with E-state index in [1.54, 1.807) is 0 Å². The van der Waals surface area contributed by atoms with Crippen molar-refractivity contribution in [1.82, 2.24) is 0 Å². The molecule has 0 aromatic carbocycles. The van der Waals surface area contributed by atoms with Crippen molar-refractivity contribution in [3.8, 4) is 0 Å². The molecule has 0 aromatic rings. The maximum atomic E-state index is 13.1. The van der Waals surface area contributed by atoms with Gasteiger partial charge in [-0.3, -0.25) is 37.3 Å². The van der Waals surface area contributed by atoms with Gasteiger partial charge >= 0.3 is 39.5 Å². The van der Waals surface area contributed by atoms with Gasteiger partial charge in [-0.05, 0) is 37.5 Å². The second-order valence-electron chi connectivity index (χ2n) is 27.3. The number of hydrogen-bond donors (Lipinski definition) is 3. The lowest BCUT2D eigenvalue weighted by Gasteiger charge is -2.21. The first kappa shape index (κ1) is 90.1. The summed E-state index contributed by atoms with van der Waals surface area (Å²) >= 11 is 0. The standard InChI is InChI=1S/C73H142O17P2/c1-7-9-11-13-15-17-19-21-22-23-24-25-26-28-32-39-46-52-58-73(78)89-68(61-83-70(75)55-49-43-37-33-29-30-35-41-47-53-65(3)4)63-87-91(79,80)85-59-67(74)60-86-92(81,82)88-64-69(62-84-71(76)56-50-44-40-34-36-42-48-54-66(5)6)90-72(77)57-51-45-38-31-27-20-18-16-14-12-10-8-2/h65-69,74H,7-64H2,1-6H3,(H,79,80)(H,81,82)/t67-,68-,69-/m1/s1. The van der Waals surface area contributed by atoms with Crippen LogP contribution in [0.2, 0.25) is 0 Å². The summed E-state index contributed by atoms with van der Waals surface area (Å²) < 4.78 is 68.4. The molecule has 3 N–H and O–H groups in total. The Bertz CT molecular complexity index is 1790. The zero-order chi connectivity index (χ0) is 67.9. The molecule has 0 aromatic heterocycles. The van der Waals surface area contributed by atoms with Gasteiger partial charge in [0.05, 0.1) is 26.4 Å². The van der Waals surface area contributed by atoms with Crippen LogP contribution in [0, 0.1) is 11.8 Å². The summed E-state index contributed by atoms with van der Waals surface area (Å²) in [5, 5.41) is 10.6. The largest absolute Gasteiger partial charge is 0.472 e. The predicted octanol–water partition coefficient (Wildman–Crippen LogP) is 21.2. The average molecular weight is 1350 g/mol. The minimum Gasteiger partial charge on any atom is -0.462 e. The second-order valence-corrected chi connectivity index (χ2v) is 30.2. The minimum atomic E-state index is -4.95. The van der Waals surface area contributed by atoms with E-state index in [-0.39, 0.29) is 25.7 Å². The van der Waals surface area contributed by atoms with E-state index in [4.69, 9.17) is 37.0 Å². The molecule has 0 radical (unpaired) electrons. The number of aliphatic hydroxyl groups excluding tert-OH is 1. The fourth-order valence-electron chi connectivity index (χ4n) is 11.1. The quantitative estimate of drug-likeness (QED) is 0.0222. The van der Waals surface area contributed by atoms with Crippen LogP contribution in [0.4, 0.5) is 0 Å². The van der Waals surface area contributed by atoms with Crippen LogP contribution in [-0.4, -0.2) is 96.7 Å².